The minimum absolute atomic E-state index is 0.0443. The molecule has 4 aromatic rings. The zero-order valence-corrected chi connectivity index (χ0v) is 17.8. The SMILES string of the molecule is Cc1cc(Nc2cc(Cl)nc(N3CCCC3c3cc(-c4nccnc4C)no3)n2)n[nH]1. The molecule has 0 saturated carbocycles. The summed E-state index contributed by atoms with van der Waals surface area (Å²) >= 11 is 6.30. The molecule has 1 atom stereocenters. The summed E-state index contributed by atoms with van der Waals surface area (Å²) in [6.07, 6.45) is 5.17. The van der Waals surface area contributed by atoms with E-state index in [4.69, 9.17) is 16.1 Å². The quantitative estimate of drug-likeness (QED) is 0.446. The van der Waals surface area contributed by atoms with Gasteiger partial charge in [0.2, 0.25) is 5.95 Å². The number of nitrogens with one attached hydrogen (secondary N) is 2. The van der Waals surface area contributed by atoms with E-state index in [1.807, 2.05) is 26.0 Å². The Kier molecular flexibility index (Phi) is 4.99. The highest BCUT2D eigenvalue weighted by atomic mass is 35.5. The number of hydrogen-bond donors (Lipinski definition) is 2. The van der Waals surface area contributed by atoms with Gasteiger partial charge in [0.1, 0.15) is 22.4 Å². The number of halogens is 1. The zero-order valence-electron chi connectivity index (χ0n) is 17.0. The topological polar surface area (TPSA) is 122 Å². The number of hydrogen-bond acceptors (Lipinski definition) is 9. The fraction of sp³-hybridized carbons (Fsp3) is 0.300. The van der Waals surface area contributed by atoms with E-state index in [2.05, 4.69) is 45.5 Å². The van der Waals surface area contributed by atoms with Gasteiger partial charge in [-0.25, -0.2) is 4.98 Å². The average molecular weight is 438 g/mol. The van der Waals surface area contributed by atoms with Gasteiger partial charge in [-0.15, -0.1) is 0 Å². The number of aryl methyl sites for hydroxylation is 2. The molecule has 0 radical (unpaired) electrons. The van der Waals surface area contributed by atoms with Crippen LogP contribution in [0.4, 0.5) is 17.6 Å². The Hall–Kier alpha value is -3.53. The van der Waals surface area contributed by atoms with Crippen molar-refractivity contribution in [2.45, 2.75) is 32.7 Å². The van der Waals surface area contributed by atoms with Crippen LogP contribution in [-0.2, 0) is 0 Å². The van der Waals surface area contributed by atoms with Crippen LogP contribution < -0.4 is 10.2 Å². The molecule has 10 nitrogen and oxygen atoms in total. The lowest BCUT2D eigenvalue weighted by Crippen LogP contribution is -2.24. The predicted molar refractivity (Wildman–Crippen MR) is 115 cm³/mol. The number of H-pyrrole nitrogens is 1. The number of anilines is 3. The van der Waals surface area contributed by atoms with Gasteiger partial charge in [0.25, 0.3) is 0 Å². The fourth-order valence-corrected chi connectivity index (χ4v) is 3.91. The highest BCUT2D eigenvalue weighted by Gasteiger charge is 2.32. The van der Waals surface area contributed by atoms with Crippen LogP contribution in [0.3, 0.4) is 0 Å². The van der Waals surface area contributed by atoms with Crippen molar-refractivity contribution in [3.63, 3.8) is 0 Å². The Morgan fingerprint density at radius 3 is 2.81 bits per heavy atom. The molecule has 5 heterocycles. The monoisotopic (exact) mass is 437 g/mol. The second kappa shape index (κ2) is 7.95. The summed E-state index contributed by atoms with van der Waals surface area (Å²) in [5.74, 6) is 2.49. The van der Waals surface area contributed by atoms with Gasteiger partial charge in [0.15, 0.2) is 11.6 Å². The normalized spacial score (nSPS) is 16.1. The third-order valence-electron chi connectivity index (χ3n) is 5.14. The van der Waals surface area contributed by atoms with Crippen molar-refractivity contribution in [2.75, 3.05) is 16.8 Å². The molecule has 4 aromatic heterocycles. The highest BCUT2D eigenvalue weighted by molar-refractivity contribution is 6.29. The van der Waals surface area contributed by atoms with Crippen molar-refractivity contribution in [2.24, 2.45) is 0 Å². The molecular weight excluding hydrogens is 418 g/mol. The summed E-state index contributed by atoms with van der Waals surface area (Å²) in [4.78, 5) is 19.8. The van der Waals surface area contributed by atoms with E-state index in [-0.39, 0.29) is 6.04 Å². The van der Waals surface area contributed by atoms with E-state index in [1.54, 1.807) is 18.5 Å². The second-order valence-corrected chi connectivity index (χ2v) is 7.78. The molecule has 1 aliphatic heterocycles. The Morgan fingerprint density at radius 1 is 1.13 bits per heavy atom. The molecule has 11 heteroatoms. The Labute approximate surface area is 183 Å². The van der Waals surface area contributed by atoms with Gasteiger partial charge in [-0.2, -0.15) is 10.1 Å². The molecule has 158 valence electrons. The molecule has 0 bridgehead atoms. The van der Waals surface area contributed by atoms with Crippen LogP contribution in [-0.4, -0.2) is 41.8 Å². The maximum atomic E-state index is 6.30. The molecule has 1 saturated heterocycles. The molecule has 1 unspecified atom stereocenters. The van der Waals surface area contributed by atoms with Crippen molar-refractivity contribution in [1.82, 2.24) is 35.3 Å². The molecule has 0 spiro atoms. The summed E-state index contributed by atoms with van der Waals surface area (Å²) in [7, 11) is 0. The Morgan fingerprint density at radius 2 is 2.00 bits per heavy atom. The maximum Gasteiger partial charge on any atom is 0.229 e. The third-order valence-corrected chi connectivity index (χ3v) is 5.33. The smallest absolute Gasteiger partial charge is 0.229 e. The summed E-state index contributed by atoms with van der Waals surface area (Å²) < 4.78 is 5.69. The van der Waals surface area contributed by atoms with Crippen molar-refractivity contribution >= 4 is 29.2 Å². The first kappa shape index (κ1) is 19.4. The molecule has 1 aliphatic rings. The fourth-order valence-electron chi connectivity index (χ4n) is 3.73. The second-order valence-electron chi connectivity index (χ2n) is 7.39. The highest BCUT2D eigenvalue weighted by Crippen LogP contribution is 2.37. The van der Waals surface area contributed by atoms with E-state index >= 15 is 0 Å². The van der Waals surface area contributed by atoms with E-state index in [1.165, 1.54) is 0 Å². The van der Waals surface area contributed by atoms with E-state index in [9.17, 15) is 0 Å². The van der Waals surface area contributed by atoms with Gasteiger partial charge < -0.3 is 14.7 Å². The molecule has 0 aliphatic carbocycles. The first-order valence-electron chi connectivity index (χ1n) is 9.91. The Balaban J connectivity index is 1.42. The molecular formula is C20H20ClN9O. The molecule has 31 heavy (non-hydrogen) atoms. The van der Waals surface area contributed by atoms with Gasteiger partial charge in [-0.3, -0.25) is 15.1 Å². The molecule has 0 aromatic carbocycles. The third kappa shape index (κ3) is 3.93. The lowest BCUT2D eigenvalue weighted by atomic mass is 10.1. The van der Waals surface area contributed by atoms with Crippen LogP contribution in [0.2, 0.25) is 5.15 Å². The lowest BCUT2D eigenvalue weighted by Gasteiger charge is -2.23. The van der Waals surface area contributed by atoms with Gasteiger partial charge in [0, 0.05) is 42.8 Å². The molecule has 1 fully saturated rings. The van der Waals surface area contributed by atoms with Crippen LogP contribution >= 0.6 is 11.6 Å². The standard InChI is InChI=1S/C20H20ClN9O/c1-11-8-18(28-27-11)25-17-10-16(21)24-20(26-17)30-7-3-4-14(30)15-9-13(29-31-15)19-12(2)22-5-6-23-19/h5-6,8-10,14H,3-4,7H2,1-2H3,(H2,24,25,26,27,28). The van der Waals surface area contributed by atoms with Gasteiger partial charge >= 0.3 is 0 Å². The van der Waals surface area contributed by atoms with Crippen LogP contribution in [0.15, 0.2) is 35.1 Å². The van der Waals surface area contributed by atoms with E-state index < -0.39 is 0 Å². The van der Waals surface area contributed by atoms with E-state index in [0.717, 1.165) is 36.5 Å². The summed E-state index contributed by atoms with van der Waals surface area (Å²) in [5, 5.41) is 14.8. The number of aromatic nitrogens is 7. The summed E-state index contributed by atoms with van der Waals surface area (Å²) in [6, 6.07) is 5.43. The summed E-state index contributed by atoms with van der Waals surface area (Å²) in [6.45, 7) is 4.61. The minimum atomic E-state index is -0.0443. The maximum absolute atomic E-state index is 6.30. The van der Waals surface area contributed by atoms with Crippen LogP contribution in [0.1, 0.15) is 36.0 Å². The number of aromatic amines is 1. The minimum Gasteiger partial charge on any atom is -0.358 e. The first-order chi connectivity index (χ1) is 15.1. The van der Waals surface area contributed by atoms with Crippen molar-refractivity contribution in [3.05, 3.63) is 52.9 Å². The van der Waals surface area contributed by atoms with Gasteiger partial charge in [-0.1, -0.05) is 16.8 Å². The van der Waals surface area contributed by atoms with Crippen molar-refractivity contribution in [3.8, 4) is 11.4 Å². The van der Waals surface area contributed by atoms with Crippen molar-refractivity contribution < 1.29 is 4.52 Å². The van der Waals surface area contributed by atoms with Crippen LogP contribution in [0.25, 0.3) is 11.4 Å². The van der Waals surface area contributed by atoms with Crippen molar-refractivity contribution in [1.29, 1.82) is 0 Å². The number of nitrogens with zero attached hydrogens (tertiary/aromatic N) is 7. The summed E-state index contributed by atoms with van der Waals surface area (Å²) in [5.41, 5.74) is 3.12. The average Bonchev–Trinajstić information content (AvgIpc) is 3.48. The predicted octanol–water partition coefficient (Wildman–Crippen LogP) is 4.00. The van der Waals surface area contributed by atoms with Crippen LogP contribution in [0.5, 0.6) is 0 Å². The van der Waals surface area contributed by atoms with Gasteiger partial charge in [-0.05, 0) is 26.7 Å². The number of rotatable bonds is 5. The molecule has 5 rings (SSSR count). The largest absolute Gasteiger partial charge is 0.358 e. The zero-order chi connectivity index (χ0) is 21.4. The van der Waals surface area contributed by atoms with E-state index in [0.29, 0.717) is 34.1 Å². The van der Waals surface area contributed by atoms with Gasteiger partial charge in [0.05, 0.1) is 11.7 Å². The lowest BCUT2D eigenvalue weighted by molar-refractivity contribution is 0.362. The molecule has 2 N–H and O–H groups in total. The first-order valence-corrected chi connectivity index (χ1v) is 10.3. The molecule has 0 amide bonds. The Bertz CT molecular complexity index is 1220. The van der Waals surface area contributed by atoms with Crippen LogP contribution in [0, 0.1) is 13.8 Å².